The Morgan fingerprint density at radius 3 is 3.11 bits per heavy atom. The van der Waals surface area contributed by atoms with Gasteiger partial charge < -0.3 is 10.6 Å². The molecule has 2 aliphatic heterocycles. The average molecular weight is 262 g/mol. The van der Waals surface area contributed by atoms with Gasteiger partial charge in [-0.05, 0) is 42.2 Å². The maximum absolute atomic E-state index is 12.4. The molecule has 2 aliphatic rings. The topological polar surface area (TPSA) is 46.3 Å². The molecule has 0 aliphatic carbocycles. The molecule has 2 N–H and O–H groups in total. The van der Waals surface area contributed by atoms with Crippen LogP contribution in [0.4, 0.5) is 5.69 Å². The van der Waals surface area contributed by atoms with Gasteiger partial charge in [-0.3, -0.25) is 4.79 Å². The van der Waals surface area contributed by atoms with E-state index in [4.69, 9.17) is 5.73 Å². The number of fused-ring (bicyclic) bond motifs is 1. The maximum Gasteiger partial charge on any atom is 0.235 e. The van der Waals surface area contributed by atoms with Crippen LogP contribution in [-0.4, -0.2) is 28.4 Å². The van der Waals surface area contributed by atoms with E-state index in [2.05, 4.69) is 6.07 Å². The highest BCUT2D eigenvalue weighted by atomic mass is 32.2. The zero-order valence-corrected chi connectivity index (χ0v) is 11.2. The lowest BCUT2D eigenvalue weighted by molar-refractivity contribution is -0.131. The molecule has 1 unspecified atom stereocenters. The Kier molecular flexibility index (Phi) is 3.20. The second-order valence-corrected chi connectivity index (χ2v) is 6.31. The first-order valence-corrected chi connectivity index (χ1v) is 7.57. The van der Waals surface area contributed by atoms with Gasteiger partial charge in [0.15, 0.2) is 0 Å². The van der Waals surface area contributed by atoms with E-state index in [0.717, 1.165) is 37.4 Å². The lowest BCUT2D eigenvalue weighted by atomic mass is 9.97. The van der Waals surface area contributed by atoms with E-state index in [0.29, 0.717) is 5.91 Å². The second kappa shape index (κ2) is 4.84. The third-order valence-corrected chi connectivity index (χ3v) is 5.18. The van der Waals surface area contributed by atoms with Crippen LogP contribution in [0.5, 0.6) is 0 Å². The molecule has 3 rings (SSSR count). The number of amides is 1. The molecule has 1 atom stereocenters. The molecule has 2 heterocycles. The van der Waals surface area contributed by atoms with Crippen molar-refractivity contribution in [2.45, 2.75) is 31.1 Å². The van der Waals surface area contributed by atoms with E-state index >= 15 is 0 Å². The number of carbonyl (C=O) groups is 1. The van der Waals surface area contributed by atoms with E-state index in [1.807, 2.05) is 28.8 Å². The van der Waals surface area contributed by atoms with E-state index in [9.17, 15) is 4.79 Å². The van der Waals surface area contributed by atoms with Gasteiger partial charge in [0.25, 0.3) is 0 Å². The fourth-order valence-corrected chi connectivity index (χ4v) is 4.05. The Bertz CT molecular complexity index is 469. The van der Waals surface area contributed by atoms with Crippen LogP contribution in [0.2, 0.25) is 0 Å². The number of hydrogen-bond acceptors (Lipinski definition) is 3. The van der Waals surface area contributed by atoms with Gasteiger partial charge >= 0.3 is 0 Å². The standard InChI is InChI=1S/C14H18N2OS/c15-12-4-1-3-10-9-16(7-6-11(10)12)14(17)13-5-2-8-18-13/h1,3-4,13H,2,5-9,15H2. The van der Waals surface area contributed by atoms with Crippen molar-refractivity contribution in [2.24, 2.45) is 0 Å². The molecule has 18 heavy (non-hydrogen) atoms. The van der Waals surface area contributed by atoms with Gasteiger partial charge in [0.2, 0.25) is 5.91 Å². The molecule has 96 valence electrons. The summed E-state index contributed by atoms with van der Waals surface area (Å²) < 4.78 is 0. The van der Waals surface area contributed by atoms with E-state index < -0.39 is 0 Å². The normalized spacial score (nSPS) is 22.9. The Balaban J connectivity index is 1.76. The van der Waals surface area contributed by atoms with E-state index in [1.54, 1.807) is 0 Å². The third kappa shape index (κ3) is 2.09. The lowest BCUT2D eigenvalue weighted by Crippen LogP contribution is -2.40. The summed E-state index contributed by atoms with van der Waals surface area (Å²) in [5, 5.41) is 0.201. The molecule has 0 radical (unpaired) electrons. The number of benzene rings is 1. The summed E-state index contributed by atoms with van der Waals surface area (Å²) in [4.78, 5) is 14.4. The minimum Gasteiger partial charge on any atom is -0.398 e. The van der Waals surface area contributed by atoms with Crippen molar-refractivity contribution in [1.29, 1.82) is 0 Å². The molecule has 1 saturated heterocycles. The zero-order valence-electron chi connectivity index (χ0n) is 10.4. The Labute approximate surface area is 112 Å². The molecule has 0 saturated carbocycles. The molecular weight excluding hydrogens is 244 g/mol. The van der Waals surface area contributed by atoms with Crippen LogP contribution in [0.15, 0.2) is 18.2 Å². The van der Waals surface area contributed by atoms with E-state index in [-0.39, 0.29) is 5.25 Å². The summed E-state index contributed by atoms with van der Waals surface area (Å²) in [6.07, 6.45) is 3.12. The fourth-order valence-electron chi connectivity index (χ4n) is 2.80. The van der Waals surface area contributed by atoms with Gasteiger partial charge in [-0.15, -0.1) is 11.8 Å². The molecule has 1 amide bonds. The number of hydrogen-bond donors (Lipinski definition) is 1. The van der Waals surface area contributed by atoms with Crippen molar-refractivity contribution in [3.63, 3.8) is 0 Å². The molecule has 0 bridgehead atoms. The summed E-state index contributed by atoms with van der Waals surface area (Å²) in [5.41, 5.74) is 9.30. The van der Waals surface area contributed by atoms with Gasteiger partial charge in [-0.25, -0.2) is 0 Å². The third-order valence-electron chi connectivity index (χ3n) is 3.82. The Hall–Kier alpha value is -1.16. The molecular formula is C14H18N2OS. The van der Waals surface area contributed by atoms with Crippen LogP contribution in [0.25, 0.3) is 0 Å². The molecule has 3 nitrogen and oxygen atoms in total. The SMILES string of the molecule is Nc1cccc2c1CCN(C(=O)C1CCCS1)C2. The van der Waals surface area contributed by atoms with Crippen molar-refractivity contribution in [3.05, 3.63) is 29.3 Å². The number of thioether (sulfide) groups is 1. The highest BCUT2D eigenvalue weighted by Gasteiger charge is 2.30. The van der Waals surface area contributed by atoms with Crippen LogP contribution in [0, 0.1) is 0 Å². The van der Waals surface area contributed by atoms with Gasteiger partial charge in [-0.2, -0.15) is 0 Å². The van der Waals surface area contributed by atoms with Crippen LogP contribution < -0.4 is 5.73 Å². The highest BCUT2D eigenvalue weighted by Crippen LogP contribution is 2.30. The predicted molar refractivity (Wildman–Crippen MR) is 75.5 cm³/mol. The largest absolute Gasteiger partial charge is 0.398 e. The molecule has 1 aromatic rings. The molecule has 0 spiro atoms. The van der Waals surface area contributed by atoms with Crippen LogP contribution in [0.1, 0.15) is 24.0 Å². The smallest absolute Gasteiger partial charge is 0.235 e. The number of nitrogen functional groups attached to an aromatic ring is 1. The van der Waals surface area contributed by atoms with Gasteiger partial charge in [0.05, 0.1) is 5.25 Å². The first-order valence-electron chi connectivity index (χ1n) is 6.52. The molecule has 4 heteroatoms. The van der Waals surface area contributed by atoms with Gasteiger partial charge in [0, 0.05) is 18.8 Å². The first-order chi connectivity index (χ1) is 8.75. The van der Waals surface area contributed by atoms with Crippen molar-refractivity contribution >= 4 is 23.4 Å². The summed E-state index contributed by atoms with van der Waals surface area (Å²) >= 11 is 1.81. The number of nitrogens with zero attached hydrogens (tertiary/aromatic N) is 1. The maximum atomic E-state index is 12.4. The Morgan fingerprint density at radius 2 is 2.33 bits per heavy atom. The summed E-state index contributed by atoms with van der Waals surface area (Å²) in [6, 6.07) is 6.02. The molecule has 1 aromatic carbocycles. The van der Waals surface area contributed by atoms with E-state index in [1.165, 1.54) is 17.5 Å². The summed E-state index contributed by atoms with van der Waals surface area (Å²) in [7, 11) is 0. The second-order valence-electron chi connectivity index (χ2n) is 5.00. The lowest BCUT2D eigenvalue weighted by Gasteiger charge is -2.31. The quantitative estimate of drug-likeness (QED) is 0.788. The van der Waals surface area contributed by atoms with Gasteiger partial charge in [-0.1, -0.05) is 12.1 Å². The average Bonchev–Trinajstić information content (AvgIpc) is 2.91. The van der Waals surface area contributed by atoms with Crippen molar-refractivity contribution in [3.8, 4) is 0 Å². The van der Waals surface area contributed by atoms with Crippen molar-refractivity contribution in [2.75, 3.05) is 18.0 Å². The monoisotopic (exact) mass is 262 g/mol. The number of nitrogens with two attached hydrogens (primary N) is 1. The van der Waals surface area contributed by atoms with Gasteiger partial charge in [0.1, 0.15) is 0 Å². The van der Waals surface area contributed by atoms with Crippen molar-refractivity contribution in [1.82, 2.24) is 4.90 Å². The predicted octanol–water partition coefficient (Wildman–Crippen LogP) is 2.05. The minimum absolute atomic E-state index is 0.201. The molecule has 1 fully saturated rings. The number of anilines is 1. The fraction of sp³-hybridized carbons (Fsp3) is 0.500. The minimum atomic E-state index is 0.201. The summed E-state index contributed by atoms with van der Waals surface area (Å²) in [6.45, 7) is 1.55. The van der Waals surface area contributed by atoms with Crippen LogP contribution in [0.3, 0.4) is 0 Å². The van der Waals surface area contributed by atoms with Crippen LogP contribution >= 0.6 is 11.8 Å². The highest BCUT2D eigenvalue weighted by molar-refractivity contribution is 8.00. The summed E-state index contributed by atoms with van der Waals surface area (Å²) in [5.74, 6) is 1.46. The molecule has 0 aromatic heterocycles. The Morgan fingerprint density at radius 1 is 1.44 bits per heavy atom. The number of rotatable bonds is 1. The van der Waals surface area contributed by atoms with Crippen molar-refractivity contribution < 1.29 is 4.79 Å². The zero-order chi connectivity index (χ0) is 12.5. The number of carbonyl (C=O) groups excluding carboxylic acids is 1. The first kappa shape index (κ1) is 11.9. The van der Waals surface area contributed by atoms with Crippen LogP contribution in [-0.2, 0) is 17.8 Å².